The number of methoxy groups -OCH3 is 2. The summed E-state index contributed by atoms with van der Waals surface area (Å²) in [5.74, 6) is 3.42. The molecule has 4 rings (SSSR count). The van der Waals surface area contributed by atoms with Crippen LogP contribution >= 0.6 is 11.3 Å². The predicted molar refractivity (Wildman–Crippen MR) is 135 cm³/mol. The van der Waals surface area contributed by atoms with E-state index in [-0.39, 0.29) is 0 Å². The van der Waals surface area contributed by atoms with Crippen LogP contribution in [0.2, 0.25) is 0 Å². The summed E-state index contributed by atoms with van der Waals surface area (Å²) in [5.41, 5.74) is 3.60. The molecule has 172 valence electrons. The molecule has 6 nitrogen and oxygen atoms in total. The number of hydrogen-bond donors (Lipinski definition) is 1. The van der Waals surface area contributed by atoms with Crippen molar-refractivity contribution >= 4 is 27.4 Å². The number of hydrogen-bond acceptors (Lipinski definition) is 7. The summed E-state index contributed by atoms with van der Waals surface area (Å²) in [7, 11) is 5.46. The Kier molecular flexibility index (Phi) is 7.11. The molecular weight excluding hydrogens is 432 g/mol. The summed E-state index contributed by atoms with van der Waals surface area (Å²) in [4.78, 5) is 14.4. The number of rotatable bonds is 9. The van der Waals surface area contributed by atoms with E-state index in [9.17, 15) is 0 Å². The van der Waals surface area contributed by atoms with E-state index < -0.39 is 0 Å². The van der Waals surface area contributed by atoms with Crippen LogP contribution in [0.25, 0.3) is 10.2 Å². The molecule has 0 fully saturated rings. The third kappa shape index (κ3) is 5.43. The molecule has 0 atom stereocenters. The topological polar surface area (TPSA) is 59.5 Å². The van der Waals surface area contributed by atoms with Crippen LogP contribution in [0.15, 0.2) is 48.5 Å². The average Bonchev–Trinajstić information content (AvgIpc) is 3.11. The van der Waals surface area contributed by atoms with Crippen molar-refractivity contribution in [2.24, 2.45) is 0 Å². The summed E-state index contributed by atoms with van der Waals surface area (Å²) in [6, 6.07) is 16.2. The van der Waals surface area contributed by atoms with Crippen LogP contribution in [0.5, 0.6) is 11.5 Å². The van der Waals surface area contributed by atoms with Gasteiger partial charge in [-0.25, -0.2) is 9.97 Å². The third-order valence-electron chi connectivity index (χ3n) is 5.69. The second-order valence-electron chi connectivity index (χ2n) is 8.18. The SMILES string of the molecule is COc1ccc(CN(C)Cc2nc(NCc3cccc(OC)c3)c3c(C)c(C)sc3n2)cc1. The van der Waals surface area contributed by atoms with Crippen LogP contribution in [0, 0.1) is 13.8 Å². The standard InChI is InChI=1S/C26H30N4O2S/c1-17-18(2)33-26-24(17)25(27-14-20-7-6-8-22(13-20)32-5)28-23(29-26)16-30(3)15-19-9-11-21(31-4)12-10-19/h6-13H,14-16H2,1-5H3,(H,27,28,29). The van der Waals surface area contributed by atoms with Crippen molar-refractivity contribution in [1.82, 2.24) is 14.9 Å². The molecule has 2 heterocycles. The van der Waals surface area contributed by atoms with Crippen molar-refractivity contribution < 1.29 is 9.47 Å². The zero-order valence-corrected chi connectivity index (χ0v) is 20.6. The van der Waals surface area contributed by atoms with Crippen LogP contribution in [-0.2, 0) is 19.6 Å². The number of ether oxygens (including phenoxy) is 2. The Morgan fingerprint density at radius 1 is 0.909 bits per heavy atom. The van der Waals surface area contributed by atoms with Gasteiger partial charge in [0.1, 0.15) is 28.0 Å². The fourth-order valence-corrected chi connectivity index (χ4v) is 4.85. The highest BCUT2D eigenvalue weighted by Gasteiger charge is 2.16. The van der Waals surface area contributed by atoms with Crippen molar-refractivity contribution in [2.45, 2.75) is 33.5 Å². The number of aromatic nitrogens is 2. The lowest BCUT2D eigenvalue weighted by Crippen LogP contribution is -2.19. The first-order valence-corrected chi connectivity index (χ1v) is 11.7. The third-order valence-corrected chi connectivity index (χ3v) is 6.79. The maximum Gasteiger partial charge on any atom is 0.146 e. The number of benzene rings is 2. The molecule has 0 aliphatic heterocycles. The molecule has 2 aromatic carbocycles. The van der Waals surface area contributed by atoms with Crippen LogP contribution < -0.4 is 14.8 Å². The van der Waals surface area contributed by atoms with Crippen molar-refractivity contribution in [3.05, 3.63) is 75.9 Å². The van der Waals surface area contributed by atoms with E-state index >= 15 is 0 Å². The van der Waals surface area contributed by atoms with Crippen molar-refractivity contribution in [3.63, 3.8) is 0 Å². The lowest BCUT2D eigenvalue weighted by molar-refractivity contribution is 0.311. The lowest BCUT2D eigenvalue weighted by atomic mass is 10.2. The molecule has 0 radical (unpaired) electrons. The molecule has 7 heteroatoms. The summed E-state index contributed by atoms with van der Waals surface area (Å²) in [5, 5.41) is 4.67. The zero-order chi connectivity index (χ0) is 23.4. The Morgan fingerprint density at radius 2 is 1.67 bits per heavy atom. The van der Waals surface area contributed by atoms with E-state index in [0.29, 0.717) is 13.1 Å². The molecule has 0 saturated heterocycles. The van der Waals surface area contributed by atoms with Gasteiger partial charge in [-0.2, -0.15) is 0 Å². The molecule has 1 N–H and O–H groups in total. The first-order chi connectivity index (χ1) is 16.0. The van der Waals surface area contributed by atoms with Gasteiger partial charge in [0.15, 0.2) is 0 Å². The maximum absolute atomic E-state index is 5.36. The monoisotopic (exact) mass is 462 g/mol. The number of fused-ring (bicyclic) bond motifs is 1. The van der Waals surface area contributed by atoms with Crippen LogP contribution in [0.4, 0.5) is 5.82 Å². The highest BCUT2D eigenvalue weighted by atomic mass is 32.1. The predicted octanol–water partition coefficient (Wildman–Crippen LogP) is 5.57. The molecule has 0 saturated carbocycles. The molecular formula is C26H30N4O2S. The number of nitrogens with zero attached hydrogens (tertiary/aromatic N) is 3. The minimum atomic E-state index is 0.659. The summed E-state index contributed by atoms with van der Waals surface area (Å²) in [6.07, 6.45) is 0. The average molecular weight is 463 g/mol. The fourth-order valence-electron chi connectivity index (χ4n) is 3.80. The van der Waals surface area contributed by atoms with Gasteiger partial charge < -0.3 is 14.8 Å². The van der Waals surface area contributed by atoms with Crippen LogP contribution in [-0.4, -0.2) is 36.1 Å². The number of thiophene rings is 1. The van der Waals surface area contributed by atoms with Gasteiger partial charge in [-0.3, -0.25) is 4.90 Å². The quantitative estimate of drug-likeness (QED) is 0.351. The molecule has 0 unspecified atom stereocenters. The Labute approximate surface area is 199 Å². The minimum absolute atomic E-state index is 0.659. The molecule has 2 aromatic heterocycles. The maximum atomic E-state index is 5.36. The second-order valence-corrected chi connectivity index (χ2v) is 9.38. The van der Waals surface area contributed by atoms with Crippen molar-refractivity contribution in [3.8, 4) is 11.5 Å². The van der Waals surface area contributed by atoms with Crippen LogP contribution in [0.1, 0.15) is 27.4 Å². The van der Waals surface area contributed by atoms with Crippen molar-refractivity contribution in [2.75, 3.05) is 26.6 Å². The zero-order valence-electron chi connectivity index (χ0n) is 19.8. The van der Waals surface area contributed by atoms with Gasteiger partial charge >= 0.3 is 0 Å². The molecule has 0 aliphatic rings. The summed E-state index contributed by atoms with van der Waals surface area (Å²) < 4.78 is 10.6. The first-order valence-electron chi connectivity index (χ1n) is 10.9. The Balaban J connectivity index is 1.55. The molecule has 33 heavy (non-hydrogen) atoms. The normalized spacial score (nSPS) is 11.2. The molecule has 0 aliphatic carbocycles. The number of anilines is 1. The Bertz CT molecular complexity index is 1240. The molecule has 4 aromatic rings. The summed E-state index contributed by atoms with van der Waals surface area (Å²) >= 11 is 1.73. The van der Waals surface area contributed by atoms with E-state index in [1.165, 1.54) is 16.0 Å². The summed E-state index contributed by atoms with van der Waals surface area (Å²) in [6.45, 7) is 6.41. The fraction of sp³-hybridized carbons (Fsp3) is 0.308. The van der Waals surface area contributed by atoms with Gasteiger partial charge in [0, 0.05) is 18.0 Å². The van der Waals surface area contributed by atoms with Crippen LogP contribution in [0.3, 0.4) is 0 Å². The van der Waals surface area contributed by atoms with E-state index in [1.54, 1.807) is 25.6 Å². The lowest BCUT2D eigenvalue weighted by Gasteiger charge is -2.17. The second kappa shape index (κ2) is 10.2. The largest absolute Gasteiger partial charge is 0.497 e. The van der Waals surface area contributed by atoms with E-state index in [2.05, 4.69) is 49.3 Å². The molecule has 0 amide bonds. The Morgan fingerprint density at radius 3 is 2.39 bits per heavy atom. The highest BCUT2D eigenvalue weighted by Crippen LogP contribution is 2.33. The first kappa shape index (κ1) is 23.0. The van der Waals surface area contributed by atoms with Gasteiger partial charge in [-0.15, -0.1) is 11.3 Å². The smallest absolute Gasteiger partial charge is 0.146 e. The minimum Gasteiger partial charge on any atom is -0.497 e. The van der Waals surface area contributed by atoms with Crippen molar-refractivity contribution in [1.29, 1.82) is 0 Å². The van der Waals surface area contributed by atoms with E-state index in [4.69, 9.17) is 19.4 Å². The van der Waals surface area contributed by atoms with Gasteiger partial charge in [0.25, 0.3) is 0 Å². The molecule has 0 bridgehead atoms. The van der Waals surface area contributed by atoms with E-state index in [1.807, 2.05) is 30.3 Å². The molecule has 0 spiro atoms. The van der Waals surface area contributed by atoms with Gasteiger partial charge in [-0.05, 0) is 61.9 Å². The van der Waals surface area contributed by atoms with Gasteiger partial charge in [0.2, 0.25) is 0 Å². The number of nitrogens with one attached hydrogen (secondary N) is 1. The van der Waals surface area contributed by atoms with E-state index in [0.717, 1.165) is 45.5 Å². The highest BCUT2D eigenvalue weighted by molar-refractivity contribution is 7.18. The van der Waals surface area contributed by atoms with Gasteiger partial charge in [0.05, 0.1) is 26.2 Å². The Hall–Kier alpha value is -3.16. The van der Waals surface area contributed by atoms with Gasteiger partial charge in [-0.1, -0.05) is 24.3 Å². The number of aryl methyl sites for hydroxylation is 2.